The minimum atomic E-state index is 0.123. The molecule has 1 N–H and O–H groups in total. The Labute approximate surface area is 104 Å². The number of aromatic nitrogens is 1. The number of nitrogens with zero attached hydrogens (tertiary/aromatic N) is 1. The normalized spacial score (nSPS) is 15.2. The van der Waals surface area contributed by atoms with Gasteiger partial charge in [-0.2, -0.15) is 0 Å². The molecule has 1 saturated carbocycles. The number of carbonyl (C=O) groups is 1. The Kier molecular flexibility index (Phi) is 2.40. The van der Waals surface area contributed by atoms with E-state index in [-0.39, 0.29) is 11.8 Å². The molecule has 0 saturated heterocycles. The van der Waals surface area contributed by atoms with Crippen molar-refractivity contribution in [1.29, 1.82) is 0 Å². The highest BCUT2D eigenvalue weighted by atomic mass is 32.1. The zero-order chi connectivity index (χ0) is 12.0. The molecule has 0 radical (unpaired) electrons. The fraction of sp³-hybridized carbons (Fsp3) is 0.385. The maximum absolute atomic E-state index is 11.6. The van der Waals surface area contributed by atoms with Gasteiger partial charge in [-0.15, -0.1) is 0 Å². The molecule has 0 unspecified atom stereocenters. The van der Waals surface area contributed by atoms with Crippen molar-refractivity contribution < 1.29 is 4.79 Å². The maximum Gasteiger partial charge on any atom is 0.229 e. The van der Waals surface area contributed by atoms with Crippen LogP contribution in [0.15, 0.2) is 12.1 Å². The summed E-state index contributed by atoms with van der Waals surface area (Å²) in [6, 6.07) is 4.21. The van der Waals surface area contributed by atoms with Crippen LogP contribution >= 0.6 is 11.3 Å². The number of anilines is 1. The summed E-state index contributed by atoms with van der Waals surface area (Å²) < 4.78 is 1.14. The molecule has 0 spiro atoms. The molecule has 1 aromatic carbocycles. The highest BCUT2D eigenvalue weighted by molar-refractivity contribution is 7.22. The Balaban J connectivity index is 1.93. The van der Waals surface area contributed by atoms with Crippen LogP contribution in [-0.4, -0.2) is 10.9 Å². The van der Waals surface area contributed by atoms with Gasteiger partial charge in [-0.3, -0.25) is 4.79 Å². The number of benzene rings is 1. The van der Waals surface area contributed by atoms with Crippen LogP contribution in [0.4, 0.5) is 5.13 Å². The minimum absolute atomic E-state index is 0.123. The lowest BCUT2D eigenvalue weighted by Gasteiger charge is -1.97. The molecule has 0 bridgehead atoms. The number of aryl methyl sites for hydroxylation is 2. The SMILES string of the molecule is Cc1cc2nc(NC(=O)C3CC3)sc2cc1C. The highest BCUT2D eigenvalue weighted by Crippen LogP contribution is 2.32. The molecule has 1 amide bonds. The number of rotatable bonds is 2. The molecule has 2 aromatic rings. The molecule has 1 aliphatic rings. The van der Waals surface area contributed by atoms with Gasteiger partial charge in [-0.1, -0.05) is 11.3 Å². The Hall–Kier alpha value is -1.42. The van der Waals surface area contributed by atoms with E-state index >= 15 is 0 Å². The van der Waals surface area contributed by atoms with E-state index in [9.17, 15) is 4.79 Å². The molecule has 3 nitrogen and oxygen atoms in total. The maximum atomic E-state index is 11.6. The molecule has 1 aromatic heterocycles. The molecule has 0 atom stereocenters. The van der Waals surface area contributed by atoms with Gasteiger partial charge in [0.1, 0.15) is 0 Å². The third-order valence-corrected chi connectivity index (χ3v) is 4.12. The largest absolute Gasteiger partial charge is 0.302 e. The van der Waals surface area contributed by atoms with Crippen LogP contribution in [0.5, 0.6) is 0 Å². The summed E-state index contributed by atoms with van der Waals surface area (Å²) in [5, 5.41) is 3.62. The van der Waals surface area contributed by atoms with Gasteiger partial charge in [-0.05, 0) is 49.9 Å². The van der Waals surface area contributed by atoms with Crippen molar-refractivity contribution >= 4 is 32.6 Å². The summed E-state index contributed by atoms with van der Waals surface area (Å²) in [5.74, 6) is 0.350. The standard InChI is InChI=1S/C13H14N2OS/c1-7-5-10-11(6-8(7)2)17-13(14-10)15-12(16)9-3-4-9/h5-6,9H,3-4H2,1-2H3,(H,14,15,16). The van der Waals surface area contributed by atoms with Crippen LogP contribution in [0.25, 0.3) is 10.2 Å². The Morgan fingerprint density at radius 2 is 2.06 bits per heavy atom. The van der Waals surface area contributed by atoms with E-state index in [4.69, 9.17) is 0 Å². The van der Waals surface area contributed by atoms with E-state index in [1.165, 1.54) is 11.1 Å². The number of hydrogen-bond donors (Lipinski definition) is 1. The van der Waals surface area contributed by atoms with Gasteiger partial charge in [0.05, 0.1) is 10.2 Å². The second-order valence-corrected chi connectivity index (χ2v) is 5.72. The molecule has 0 aliphatic heterocycles. The second-order valence-electron chi connectivity index (χ2n) is 4.69. The quantitative estimate of drug-likeness (QED) is 0.883. The molecular formula is C13H14N2OS. The second kappa shape index (κ2) is 3.81. The molecular weight excluding hydrogens is 232 g/mol. The lowest BCUT2D eigenvalue weighted by molar-refractivity contribution is -0.117. The first kappa shape index (κ1) is 10.7. The fourth-order valence-electron chi connectivity index (χ4n) is 1.79. The molecule has 4 heteroatoms. The van der Waals surface area contributed by atoms with Crippen molar-refractivity contribution in [3.63, 3.8) is 0 Å². The number of nitrogens with one attached hydrogen (secondary N) is 1. The van der Waals surface area contributed by atoms with E-state index < -0.39 is 0 Å². The van der Waals surface area contributed by atoms with Crippen molar-refractivity contribution in [3.05, 3.63) is 23.3 Å². The third-order valence-electron chi connectivity index (χ3n) is 3.18. The van der Waals surface area contributed by atoms with E-state index in [1.807, 2.05) is 0 Å². The molecule has 17 heavy (non-hydrogen) atoms. The number of carbonyl (C=O) groups excluding carboxylic acids is 1. The smallest absolute Gasteiger partial charge is 0.229 e. The monoisotopic (exact) mass is 246 g/mol. The van der Waals surface area contributed by atoms with Crippen molar-refractivity contribution in [1.82, 2.24) is 4.98 Å². The average molecular weight is 246 g/mol. The van der Waals surface area contributed by atoms with Gasteiger partial charge < -0.3 is 5.32 Å². The Bertz CT molecular complexity index is 560. The molecule has 1 aliphatic carbocycles. The first-order chi connectivity index (χ1) is 8.13. The predicted octanol–water partition coefficient (Wildman–Crippen LogP) is 3.26. The lowest BCUT2D eigenvalue weighted by atomic mass is 10.1. The van der Waals surface area contributed by atoms with Crippen LogP contribution in [-0.2, 0) is 4.79 Å². The zero-order valence-corrected chi connectivity index (χ0v) is 10.7. The summed E-state index contributed by atoms with van der Waals surface area (Å²) in [6.07, 6.45) is 2.05. The van der Waals surface area contributed by atoms with Gasteiger partial charge in [0.2, 0.25) is 5.91 Å². The van der Waals surface area contributed by atoms with E-state index in [0.29, 0.717) is 0 Å². The van der Waals surface area contributed by atoms with Gasteiger partial charge in [0.15, 0.2) is 5.13 Å². The third kappa shape index (κ3) is 2.05. The van der Waals surface area contributed by atoms with Gasteiger partial charge >= 0.3 is 0 Å². The predicted molar refractivity (Wildman–Crippen MR) is 70.4 cm³/mol. The van der Waals surface area contributed by atoms with Gasteiger partial charge in [0, 0.05) is 5.92 Å². The number of thiazole rings is 1. The van der Waals surface area contributed by atoms with Gasteiger partial charge in [0.25, 0.3) is 0 Å². The fourth-order valence-corrected chi connectivity index (χ4v) is 2.74. The van der Waals surface area contributed by atoms with Gasteiger partial charge in [-0.25, -0.2) is 4.98 Å². The average Bonchev–Trinajstić information content (AvgIpc) is 3.04. The van der Waals surface area contributed by atoms with E-state index in [1.54, 1.807) is 11.3 Å². The Morgan fingerprint density at radius 3 is 2.76 bits per heavy atom. The van der Waals surface area contributed by atoms with E-state index in [0.717, 1.165) is 28.2 Å². The van der Waals surface area contributed by atoms with Crippen LogP contribution in [0.1, 0.15) is 24.0 Å². The highest BCUT2D eigenvalue weighted by Gasteiger charge is 2.30. The molecule has 3 rings (SSSR count). The number of hydrogen-bond acceptors (Lipinski definition) is 3. The minimum Gasteiger partial charge on any atom is -0.302 e. The van der Waals surface area contributed by atoms with Crippen LogP contribution in [0.3, 0.4) is 0 Å². The first-order valence-corrected chi connectivity index (χ1v) is 6.64. The first-order valence-electron chi connectivity index (χ1n) is 5.82. The summed E-state index contributed by atoms with van der Waals surface area (Å²) in [5.41, 5.74) is 3.48. The number of fused-ring (bicyclic) bond motifs is 1. The summed E-state index contributed by atoms with van der Waals surface area (Å²) in [6.45, 7) is 4.17. The van der Waals surface area contributed by atoms with E-state index in [2.05, 4.69) is 36.3 Å². The van der Waals surface area contributed by atoms with Crippen molar-refractivity contribution in [2.75, 3.05) is 5.32 Å². The zero-order valence-electron chi connectivity index (χ0n) is 9.91. The topological polar surface area (TPSA) is 42.0 Å². The summed E-state index contributed by atoms with van der Waals surface area (Å²) >= 11 is 1.55. The lowest BCUT2D eigenvalue weighted by Crippen LogP contribution is -2.12. The van der Waals surface area contributed by atoms with Crippen LogP contribution in [0.2, 0.25) is 0 Å². The van der Waals surface area contributed by atoms with Crippen LogP contribution < -0.4 is 5.32 Å². The van der Waals surface area contributed by atoms with Crippen molar-refractivity contribution in [3.8, 4) is 0 Å². The van der Waals surface area contributed by atoms with Crippen molar-refractivity contribution in [2.24, 2.45) is 5.92 Å². The van der Waals surface area contributed by atoms with Crippen molar-refractivity contribution in [2.45, 2.75) is 26.7 Å². The van der Waals surface area contributed by atoms with Crippen LogP contribution in [0, 0.1) is 19.8 Å². The summed E-state index contributed by atoms with van der Waals surface area (Å²) in [7, 11) is 0. The number of amides is 1. The molecule has 88 valence electrons. The summed E-state index contributed by atoms with van der Waals surface area (Å²) in [4.78, 5) is 16.1. The Morgan fingerprint density at radius 1 is 1.35 bits per heavy atom. The molecule has 1 heterocycles. The molecule has 1 fully saturated rings.